The zero-order valence-electron chi connectivity index (χ0n) is 10.9. The van der Waals surface area contributed by atoms with Crippen LogP contribution in [-0.2, 0) is 30.3 Å². The van der Waals surface area contributed by atoms with Crippen molar-refractivity contribution in [2.24, 2.45) is 0 Å². The van der Waals surface area contributed by atoms with Crippen molar-refractivity contribution in [2.75, 3.05) is 34.3 Å². The van der Waals surface area contributed by atoms with Crippen molar-refractivity contribution >= 4 is 0 Å². The lowest BCUT2D eigenvalue weighted by Gasteiger charge is -2.07. The maximum atomic E-state index is 5.32. The van der Waals surface area contributed by atoms with Gasteiger partial charge in [-0.2, -0.15) is 0 Å². The lowest BCUT2D eigenvalue weighted by atomic mass is 10.2. The van der Waals surface area contributed by atoms with Crippen LogP contribution in [0.2, 0.25) is 0 Å². The second-order valence-corrected chi connectivity index (χ2v) is 3.71. The molecule has 0 saturated carbocycles. The minimum Gasteiger partial charge on any atom is -0.359 e. The first kappa shape index (κ1) is 15.1. The highest BCUT2D eigenvalue weighted by Gasteiger charge is 1.93. The summed E-state index contributed by atoms with van der Waals surface area (Å²) in [7, 11) is 1.55. The van der Waals surface area contributed by atoms with Crippen LogP contribution in [0.25, 0.3) is 0 Å². The molecule has 5 heteroatoms. The van der Waals surface area contributed by atoms with E-state index in [9.17, 15) is 0 Å². The summed E-state index contributed by atoms with van der Waals surface area (Å²) < 4.78 is 25.0. The summed E-state index contributed by atoms with van der Waals surface area (Å²) in [5, 5.41) is 0. The number of benzene rings is 1. The van der Waals surface area contributed by atoms with Crippen molar-refractivity contribution in [1.82, 2.24) is 0 Å². The Labute approximate surface area is 108 Å². The molecule has 0 fully saturated rings. The van der Waals surface area contributed by atoms with E-state index in [1.165, 1.54) is 5.56 Å². The van der Waals surface area contributed by atoms with Gasteiger partial charge in [0, 0.05) is 7.11 Å². The van der Waals surface area contributed by atoms with Crippen molar-refractivity contribution < 1.29 is 23.7 Å². The fourth-order valence-corrected chi connectivity index (χ4v) is 1.21. The molecule has 0 atom stereocenters. The first-order valence-corrected chi connectivity index (χ1v) is 5.68. The van der Waals surface area contributed by atoms with Crippen molar-refractivity contribution in [3.05, 3.63) is 35.4 Å². The average molecular weight is 256 g/mol. The van der Waals surface area contributed by atoms with Gasteiger partial charge in [0.1, 0.15) is 13.6 Å². The van der Waals surface area contributed by atoms with Crippen LogP contribution < -0.4 is 0 Å². The van der Waals surface area contributed by atoms with E-state index >= 15 is 0 Å². The molecule has 0 aliphatic rings. The molecule has 0 aliphatic carbocycles. The Morgan fingerprint density at radius 3 is 1.94 bits per heavy atom. The molecule has 1 aromatic rings. The third kappa shape index (κ3) is 7.37. The maximum absolute atomic E-state index is 5.32. The van der Waals surface area contributed by atoms with Gasteiger partial charge in [0.2, 0.25) is 0 Å². The minimum absolute atomic E-state index is 0.137. The van der Waals surface area contributed by atoms with E-state index < -0.39 is 0 Å². The van der Waals surface area contributed by atoms with Crippen molar-refractivity contribution in [3.8, 4) is 0 Å². The summed E-state index contributed by atoms with van der Waals surface area (Å²) in [6.45, 7) is 3.27. The molecular weight excluding hydrogens is 236 g/mol. The van der Waals surface area contributed by atoms with Crippen molar-refractivity contribution in [2.45, 2.75) is 13.5 Å². The minimum atomic E-state index is 0.137. The molecule has 1 rings (SSSR count). The fraction of sp³-hybridized carbons (Fsp3) is 0.538. The second-order valence-electron chi connectivity index (χ2n) is 3.71. The number of hydrogen-bond donors (Lipinski definition) is 0. The van der Waals surface area contributed by atoms with Gasteiger partial charge in [-0.25, -0.2) is 0 Å². The summed E-state index contributed by atoms with van der Waals surface area (Å²) in [5.74, 6) is 0. The van der Waals surface area contributed by atoms with Crippen LogP contribution in [0.5, 0.6) is 0 Å². The van der Waals surface area contributed by atoms with Crippen LogP contribution >= 0.6 is 0 Å². The molecule has 1 aromatic carbocycles. The first-order chi connectivity index (χ1) is 8.83. The van der Waals surface area contributed by atoms with E-state index in [0.29, 0.717) is 6.61 Å². The summed E-state index contributed by atoms with van der Waals surface area (Å²) in [4.78, 5) is 0. The zero-order valence-corrected chi connectivity index (χ0v) is 10.9. The van der Waals surface area contributed by atoms with Crippen LogP contribution in [0.1, 0.15) is 11.1 Å². The molecule has 0 amide bonds. The lowest BCUT2D eigenvalue weighted by molar-refractivity contribution is -0.190. The van der Waals surface area contributed by atoms with Gasteiger partial charge >= 0.3 is 0 Å². The molecule has 0 saturated heterocycles. The number of rotatable bonds is 10. The number of hydrogen-bond acceptors (Lipinski definition) is 5. The van der Waals surface area contributed by atoms with E-state index in [1.807, 2.05) is 12.1 Å². The lowest BCUT2D eigenvalue weighted by Crippen LogP contribution is -2.08. The third-order valence-electron chi connectivity index (χ3n) is 2.09. The third-order valence-corrected chi connectivity index (χ3v) is 2.09. The summed E-state index contributed by atoms with van der Waals surface area (Å²) in [6.07, 6.45) is 0. The van der Waals surface area contributed by atoms with Crippen molar-refractivity contribution in [3.63, 3.8) is 0 Å². The fourth-order valence-electron chi connectivity index (χ4n) is 1.21. The molecule has 0 aromatic heterocycles. The molecule has 0 N–H and O–H groups in total. The van der Waals surface area contributed by atoms with Gasteiger partial charge in [0.15, 0.2) is 13.6 Å². The van der Waals surface area contributed by atoms with Gasteiger partial charge in [-0.3, -0.25) is 0 Å². The summed E-state index contributed by atoms with van der Waals surface area (Å²) >= 11 is 0. The number of methoxy groups -OCH3 is 1. The molecular formula is C13H20O5. The van der Waals surface area contributed by atoms with E-state index in [2.05, 4.69) is 23.8 Å². The Balaban J connectivity index is 1.91. The van der Waals surface area contributed by atoms with Gasteiger partial charge in [-0.15, -0.1) is 0 Å². The number of ether oxygens (including phenoxy) is 5. The highest BCUT2D eigenvalue weighted by molar-refractivity contribution is 5.20. The smallest absolute Gasteiger partial charge is 0.152 e. The predicted molar refractivity (Wildman–Crippen MR) is 65.7 cm³/mol. The molecule has 18 heavy (non-hydrogen) atoms. The maximum Gasteiger partial charge on any atom is 0.152 e. The van der Waals surface area contributed by atoms with Gasteiger partial charge in [0.05, 0.1) is 6.61 Å². The van der Waals surface area contributed by atoms with E-state index in [-0.39, 0.29) is 27.2 Å². The van der Waals surface area contributed by atoms with E-state index in [4.69, 9.17) is 18.9 Å². The SMILES string of the molecule is COCOCOCOCOCc1ccc(C)cc1. The van der Waals surface area contributed by atoms with Crippen LogP contribution in [0.4, 0.5) is 0 Å². The van der Waals surface area contributed by atoms with Crippen LogP contribution in [0.15, 0.2) is 24.3 Å². The summed E-state index contributed by atoms with van der Waals surface area (Å²) in [5.41, 5.74) is 2.35. The number of aryl methyl sites for hydroxylation is 1. The Morgan fingerprint density at radius 1 is 0.778 bits per heavy atom. The standard InChI is InChI=1S/C13H20O5/c1-12-3-5-13(6-4-12)7-15-9-17-11-18-10-16-8-14-2/h3-6H,7-11H2,1-2H3. The van der Waals surface area contributed by atoms with E-state index in [1.54, 1.807) is 7.11 Å². The Kier molecular flexibility index (Phi) is 8.37. The van der Waals surface area contributed by atoms with Crippen LogP contribution in [-0.4, -0.2) is 34.3 Å². The molecule has 0 unspecified atom stereocenters. The highest BCUT2D eigenvalue weighted by atomic mass is 16.8. The quantitative estimate of drug-likeness (QED) is 0.473. The van der Waals surface area contributed by atoms with Gasteiger partial charge in [-0.05, 0) is 12.5 Å². The van der Waals surface area contributed by atoms with Gasteiger partial charge < -0.3 is 23.7 Å². The van der Waals surface area contributed by atoms with E-state index in [0.717, 1.165) is 5.56 Å². The van der Waals surface area contributed by atoms with Crippen molar-refractivity contribution in [1.29, 1.82) is 0 Å². The Bertz CT molecular complexity index is 299. The van der Waals surface area contributed by atoms with Crippen LogP contribution in [0.3, 0.4) is 0 Å². The zero-order chi connectivity index (χ0) is 13.1. The molecule has 0 aliphatic heterocycles. The summed E-state index contributed by atoms with van der Waals surface area (Å²) in [6, 6.07) is 8.17. The molecule has 0 heterocycles. The topological polar surface area (TPSA) is 46.2 Å². The molecule has 0 bridgehead atoms. The first-order valence-electron chi connectivity index (χ1n) is 5.68. The molecule has 5 nitrogen and oxygen atoms in total. The van der Waals surface area contributed by atoms with Crippen LogP contribution in [0, 0.1) is 6.92 Å². The highest BCUT2D eigenvalue weighted by Crippen LogP contribution is 2.04. The Hall–Kier alpha value is -0.980. The normalized spacial score (nSPS) is 10.8. The van der Waals surface area contributed by atoms with Gasteiger partial charge in [-0.1, -0.05) is 29.8 Å². The average Bonchev–Trinajstić information content (AvgIpc) is 2.39. The molecule has 0 radical (unpaired) electrons. The second kappa shape index (κ2) is 9.99. The Morgan fingerprint density at radius 2 is 1.33 bits per heavy atom. The molecule has 102 valence electrons. The largest absolute Gasteiger partial charge is 0.359 e. The molecule has 0 spiro atoms. The monoisotopic (exact) mass is 256 g/mol. The van der Waals surface area contributed by atoms with Gasteiger partial charge in [0.25, 0.3) is 0 Å². The predicted octanol–water partition coefficient (Wildman–Crippen LogP) is 2.04.